The molecule has 2 unspecified atom stereocenters. The third kappa shape index (κ3) is 5.46. The molecule has 0 bridgehead atoms. The molecule has 0 spiro atoms. The van der Waals surface area contributed by atoms with E-state index < -0.39 is 6.29 Å². The van der Waals surface area contributed by atoms with Gasteiger partial charge < -0.3 is 10.6 Å². The molecule has 8 heteroatoms. The van der Waals surface area contributed by atoms with Crippen molar-refractivity contribution in [3.8, 4) is 0 Å². The van der Waals surface area contributed by atoms with Gasteiger partial charge in [-0.3, -0.25) is 14.9 Å². The van der Waals surface area contributed by atoms with Crippen molar-refractivity contribution < 1.29 is 9.59 Å². The van der Waals surface area contributed by atoms with Crippen LogP contribution in [0.1, 0.15) is 54.3 Å². The van der Waals surface area contributed by atoms with Gasteiger partial charge in [0, 0.05) is 30.2 Å². The predicted octanol–water partition coefficient (Wildman–Crippen LogP) is 3.94. The maximum Gasteiger partial charge on any atom is 0.235 e. The average Bonchev–Trinajstić information content (AvgIpc) is 3.60. The Hall–Kier alpha value is -3.10. The molecule has 1 aromatic heterocycles. The summed E-state index contributed by atoms with van der Waals surface area (Å²) in [5, 5.41) is 14.2. The number of hydrogen-bond donors (Lipinski definition) is 3. The minimum atomic E-state index is -0.531. The molecule has 2 fully saturated rings. The zero-order valence-electron chi connectivity index (χ0n) is 18.2. The molecular formula is C25H27N5O2S. The van der Waals surface area contributed by atoms with Crippen LogP contribution in [0.2, 0.25) is 0 Å². The Morgan fingerprint density at radius 1 is 1.09 bits per heavy atom. The van der Waals surface area contributed by atoms with Gasteiger partial charge >= 0.3 is 0 Å². The van der Waals surface area contributed by atoms with Gasteiger partial charge in [0.15, 0.2) is 6.29 Å². The zero-order chi connectivity index (χ0) is 22.6. The molecule has 2 aliphatic rings. The maximum absolute atomic E-state index is 12.7. The second-order valence-corrected chi connectivity index (χ2v) is 9.49. The maximum atomic E-state index is 12.7. The number of nitrogens with one attached hydrogen (secondary N) is 3. The highest BCUT2D eigenvalue weighted by Gasteiger charge is 2.33. The van der Waals surface area contributed by atoms with Crippen molar-refractivity contribution in [1.29, 1.82) is 0 Å². The van der Waals surface area contributed by atoms with Crippen molar-refractivity contribution in [2.24, 2.45) is 0 Å². The van der Waals surface area contributed by atoms with Crippen molar-refractivity contribution in [2.75, 3.05) is 11.1 Å². The Bertz CT molecular complexity index is 1110. The summed E-state index contributed by atoms with van der Waals surface area (Å²) in [5.74, 6) is 2.02. The first-order chi connectivity index (χ1) is 16.2. The normalized spacial score (nSPS) is 20.3. The number of rotatable bonds is 8. The number of benzene rings is 2. The van der Waals surface area contributed by atoms with Crippen LogP contribution in [-0.4, -0.2) is 27.3 Å². The van der Waals surface area contributed by atoms with Gasteiger partial charge in [-0.1, -0.05) is 60.7 Å². The van der Waals surface area contributed by atoms with Gasteiger partial charge in [-0.2, -0.15) is 5.10 Å². The quantitative estimate of drug-likeness (QED) is 0.473. The van der Waals surface area contributed by atoms with E-state index in [9.17, 15) is 9.59 Å². The fourth-order valence-corrected chi connectivity index (χ4v) is 4.80. The van der Waals surface area contributed by atoms with Crippen LogP contribution >= 0.6 is 11.8 Å². The molecule has 2 heterocycles. The van der Waals surface area contributed by atoms with Crippen LogP contribution in [0, 0.1) is 0 Å². The number of hydrogen-bond acceptors (Lipinski definition) is 5. The van der Waals surface area contributed by atoms with E-state index in [0.29, 0.717) is 23.9 Å². The van der Waals surface area contributed by atoms with E-state index in [1.54, 1.807) is 16.4 Å². The molecular weight excluding hydrogens is 434 g/mol. The first kappa shape index (κ1) is 21.7. The molecule has 1 saturated carbocycles. The number of carbonyl (C=O) groups is 2. The van der Waals surface area contributed by atoms with E-state index in [4.69, 9.17) is 5.10 Å². The summed E-state index contributed by atoms with van der Waals surface area (Å²) in [4.78, 5) is 25.2. The van der Waals surface area contributed by atoms with Crippen LogP contribution in [0.4, 0.5) is 5.82 Å². The van der Waals surface area contributed by atoms with Gasteiger partial charge in [0.05, 0.1) is 11.4 Å². The fraction of sp³-hybridized carbons (Fsp3) is 0.320. The summed E-state index contributed by atoms with van der Waals surface area (Å²) >= 11 is 1.57. The molecule has 0 radical (unpaired) electrons. The molecule has 170 valence electrons. The standard InChI is InChI=1S/C25H27N5O2S/c31-23-14-20(18-9-5-2-6-10-18)26-25(28-23)30-22(13-21(29-30)19-11-12-19)27-24(32)16-33-15-17-7-3-1-4-8-17/h1-10,13,19-20,25-26H,11-12,14-16H2,(H,27,32)(H,28,31). The molecule has 33 heavy (non-hydrogen) atoms. The highest BCUT2D eigenvalue weighted by Crippen LogP contribution is 2.40. The number of amides is 2. The zero-order valence-corrected chi connectivity index (χ0v) is 19.1. The Kier molecular flexibility index (Phi) is 6.46. The van der Waals surface area contributed by atoms with E-state index in [1.807, 2.05) is 54.6 Å². The van der Waals surface area contributed by atoms with E-state index in [2.05, 4.69) is 28.1 Å². The van der Waals surface area contributed by atoms with Crippen molar-refractivity contribution >= 4 is 29.4 Å². The van der Waals surface area contributed by atoms with Crippen LogP contribution in [0.15, 0.2) is 66.7 Å². The van der Waals surface area contributed by atoms with E-state index in [1.165, 1.54) is 5.56 Å². The number of anilines is 1. The predicted molar refractivity (Wildman–Crippen MR) is 130 cm³/mol. The Morgan fingerprint density at radius 2 is 1.82 bits per heavy atom. The van der Waals surface area contributed by atoms with Crippen LogP contribution < -0.4 is 16.0 Å². The Balaban J connectivity index is 1.29. The third-order valence-electron chi connectivity index (χ3n) is 5.86. The number of thioether (sulfide) groups is 1. The second kappa shape index (κ2) is 9.80. The van der Waals surface area contributed by atoms with Crippen molar-refractivity contribution in [1.82, 2.24) is 20.4 Å². The highest BCUT2D eigenvalue weighted by molar-refractivity contribution is 7.99. The molecule has 7 nitrogen and oxygen atoms in total. The second-order valence-electron chi connectivity index (χ2n) is 8.50. The summed E-state index contributed by atoms with van der Waals surface area (Å²) in [7, 11) is 0. The largest absolute Gasteiger partial charge is 0.322 e. The molecule has 5 rings (SSSR count). The first-order valence-corrected chi connectivity index (χ1v) is 12.4. The van der Waals surface area contributed by atoms with E-state index in [0.717, 1.165) is 29.9 Å². The van der Waals surface area contributed by atoms with Crippen LogP contribution in [-0.2, 0) is 15.3 Å². The van der Waals surface area contributed by atoms with Gasteiger partial charge in [-0.15, -0.1) is 11.8 Å². The molecule has 1 aliphatic carbocycles. The van der Waals surface area contributed by atoms with Gasteiger partial charge in [-0.05, 0) is 24.0 Å². The van der Waals surface area contributed by atoms with Gasteiger partial charge in [0.2, 0.25) is 11.8 Å². The van der Waals surface area contributed by atoms with Gasteiger partial charge in [0.1, 0.15) is 5.82 Å². The summed E-state index contributed by atoms with van der Waals surface area (Å²) < 4.78 is 1.71. The van der Waals surface area contributed by atoms with Crippen molar-refractivity contribution in [2.45, 2.75) is 43.3 Å². The monoisotopic (exact) mass is 461 g/mol. The number of nitrogens with zero attached hydrogens (tertiary/aromatic N) is 2. The molecule has 2 aromatic carbocycles. The molecule has 3 aromatic rings. The number of carbonyl (C=O) groups excluding carboxylic acids is 2. The first-order valence-electron chi connectivity index (χ1n) is 11.3. The lowest BCUT2D eigenvalue weighted by molar-refractivity contribution is -0.125. The topological polar surface area (TPSA) is 88.1 Å². The van der Waals surface area contributed by atoms with E-state index >= 15 is 0 Å². The van der Waals surface area contributed by atoms with Gasteiger partial charge in [0.25, 0.3) is 0 Å². The van der Waals surface area contributed by atoms with Crippen molar-refractivity contribution in [3.05, 3.63) is 83.6 Å². The number of aromatic nitrogens is 2. The lowest BCUT2D eigenvalue weighted by atomic mass is 10.0. The third-order valence-corrected chi connectivity index (χ3v) is 6.86. The minimum absolute atomic E-state index is 0.0493. The summed E-state index contributed by atoms with van der Waals surface area (Å²) in [6.45, 7) is 0. The van der Waals surface area contributed by atoms with Crippen LogP contribution in [0.3, 0.4) is 0 Å². The summed E-state index contributed by atoms with van der Waals surface area (Å²) in [6.07, 6.45) is 2.04. The summed E-state index contributed by atoms with van der Waals surface area (Å²) in [6, 6.07) is 21.8. The minimum Gasteiger partial charge on any atom is -0.322 e. The molecule has 2 amide bonds. The molecule has 3 N–H and O–H groups in total. The highest BCUT2D eigenvalue weighted by atomic mass is 32.2. The summed E-state index contributed by atoms with van der Waals surface area (Å²) in [5.41, 5.74) is 3.20. The smallest absolute Gasteiger partial charge is 0.235 e. The van der Waals surface area contributed by atoms with Crippen LogP contribution in [0.25, 0.3) is 0 Å². The Labute approximate surface area is 197 Å². The Morgan fingerprint density at radius 3 is 2.55 bits per heavy atom. The van der Waals surface area contributed by atoms with Crippen LogP contribution in [0.5, 0.6) is 0 Å². The lowest BCUT2D eigenvalue weighted by Crippen LogP contribution is -2.50. The molecule has 1 saturated heterocycles. The average molecular weight is 462 g/mol. The molecule has 1 aliphatic heterocycles. The van der Waals surface area contributed by atoms with E-state index in [-0.39, 0.29) is 17.9 Å². The molecule has 2 atom stereocenters. The van der Waals surface area contributed by atoms with Crippen molar-refractivity contribution in [3.63, 3.8) is 0 Å². The van der Waals surface area contributed by atoms with Gasteiger partial charge in [-0.25, -0.2) is 4.68 Å². The lowest BCUT2D eigenvalue weighted by Gasteiger charge is -2.32. The fourth-order valence-electron chi connectivity index (χ4n) is 4.02. The SMILES string of the molecule is O=C(CSCc1ccccc1)Nc1cc(C2CC2)nn1C1NC(=O)CC(c2ccccc2)N1.